The lowest BCUT2D eigenvalue weighted by Crippen LogP contribution is -2.51. The number of hydrogen-bond donors (Lipinski definition) is 1. The number of halogens is 1. The first kappa shape index (κ1) is 27.7. The van der Waals surface area contributed by atoms with E-state index in [-0.39, 0.29) is 25.0 Å². The molecule has 39 heavy (non-hydrogen) atoms. The minimum Gasteiger partial charge on any atom is -0.497 e. The highest BCUT2D eigenvalue weighted by molar-refractivity contribution is 6.32. The van der Waals surface area contributed by atoms with Crippen molar-refractivity contribution in [2.45, 2.75) is 25.6 Å². The summed E-state index contributed by atoms with van der Waals surface area (Å²) in [4.78, 5) is 29.0. The fraction of sp³-hybridized carbons (Fsp3) is 0.188. The lowest BCUT2D eigenvalue weighted by molar-refractivity contribution is -0.142. The first-order chi connectivity index (χ1) is 19.0. The van der Waals surface area contributed by atoms with Gasteiger partial charge in [-0.2, -0.15) is 0 Å². The molecule has 4 aromatic carbocycles. The molecule has 200 valence electrons. The molecular weight excluding hydrogens is 512 g/mol. The first-order valence-corrected chi connectivity index (χ1v) is 13.1. The Kier molecular flexibility index (Phi) is 9.98. The zero-order chi connectivity index (χ0) is 27.5. The van der Waals surface area contributed by atoms with Crippen molar-refractivity contribution < 1.29 is 19.1 Å². The van der Waals surface area contributed by atoms with Crippen LogP contribution in [0.15, 0.2) is 109 Å². The van der Waals surface area contributed by atoms with Gasteiger partial charge in [0, 0.05) is 19.5 Å². The quantitative estimate of drug-likeness (QED) is 0.250. The van der Waals surface area contributed by atoms with E-state index in [0.717, 1.165) is 16.7 Å². The van der Waals surface area contributed by atoms with Crippen molar-refractivity contribution in [3.8, 4) is 11.5 Å². The summed E-state index contributed by atoms with van der Waals surface area (Å²) in [5.74, 6) is 0.536. The number of hydrogen-bond acceptors (Lipinski definition) is 4. The largest absolute Gasteiger partial charge is 0.497 e. The Morgan fingerprint density at radius 1 is 0.795 bits per heavy atom. The summed E-state index contributed by atoms with van der Waals surface area (Å²) in [5.41, 5.74) is 2.77. The third-order valence-corrected chi connectivity index (χ3v) is 6.59. The van der Waals surface area contributed by atoms with E-state index >= 15 is 0 Å². The predicted molar refractivity (Wildman–Crippen MR) is 153 cm³/mol. The standard InChI is InChI=1S/C32H31ClN2O4/c1-38-27-18-16-26(17-19-27)22-35(31(36)23-39-30-15-9-8-14-28(30)33)29(20-24-10-4-2-5-11-24)32(37)34-21-25-12-6-3-7-13-25/h2-19,29H,20-23H2,1H3,(H,34,37). The number of methoxy groups -OCH3 is 1. The zero-order valence-corrected chi connectivity index (χ0v) is 22.5. The van der Waals surface area contributed by atoms with E-state index in [2.05, 4.69) is 5.32 Å². The van der Waals surface area contributed by atoms with Gasteiger partial charge in [-0.05, 0) is 41.0 Å². The second-order valence-corrected chi connectivity index (χ2v) is 9.40. The van der Waals surface area contributed by atoms with Crippen LogP contribution in [0.5, 0.6) is 11.5 Å². The molecule has 1 N–H and O–H groups in total. The van der Waals surface area contributed by atoms with Crippen molar-refractivity contribution in [2.75, 3.05) is 13.7 Å². The Morgan fingerprint density at radius 2 is 1.41 bits per heavy atom. The molecule has 0 fully saturated rings. The van der Waals surface area contributed by atoms with Gasteiger partial charge in [0.15, 0.2) is 6.61 Å². The van der Waals surface area contributed by atoms with E-state index in [1.54, 1.807) is 36.3 Å². The van der Waals surface area contributed by atoms with Crippen LogP contribution in [0, 0.1) is 0 Å². The Hall–Kier alpha value is -4.29. The maximum Gasteiger partial charge on any atom is 0.261 e. The van der Waals surface area contributed by atoms with Crippen LogP contribution in [0.4, 0.5) is 0 Å². The lowest BCUT2D eigenvalue weighted by atomic mass is 10.0. The van der Waals surface area contributed by atoms with Gasteiger partial charge in [-0.25, -0.2) is 0 Å². The lowest BCUT2D eigenvalue weighted by Gasteiger charge is -2.31. The number of nitrogens with zero attached hydrogens (tertiary/aromatic N) is 1. The van der Waals surface area contributed by atoms with Gasteiger partial charge in [0.25, 0.3) is 5.91 Å². The summed E-state index contributed by atoms with van der Waals surface area (Å²) in [6.07, 6.45) is 0.343. The van der Waals surface area contributed by atoms with Gasteiger partial charge >= 0.3 is 0 Å². The van der Waals surface area contributed by atoms with E-state index < -0.39 is 6.04 Å². The molecular formula is C32H31ClN2O4. The van der Waals surface area contributed by atoms with E-state index in [0.29, 0.717) is 29.5 Å². The molecule has 0 aliphatic carbocycles. The van der Waals surface area contributed by atoms with Gasteiger partial charge in [0.2, 0.25) is 5.91 Å². The highest BCUT2D eigenvalue weighted by Gasteiger charge is 2.30. The summed E-state index contributed by atoms with van der Waals surface area (Å²) >= 11 is 6.24. The zero-order valence-electron chi connectivity index (χ0n) is 21.8. The van der Waals surface area contributed by atoms with Crippen LogP contribution in [0.25, 0.3) is 0 Å². The van der Waals surface area contributed by atoms with Crippen LogP contribution in [0.3, 0.4) is 0 Å². The smallest absolute Gasteiger partial charge is 0.261 e. The van der Waals surface area contributed by atoms with Gasteiger partial charge in [-0.1, -0.05) is 96.5 Å². The minimum atomic E-state index is -0.777. The van der Waals surface area contributed by atoms with Crippen LogP contribution in [0.2, 0.25) is 5.02 Å². The fourth-order valence-corrected chi connectivity index (χ4v) is 4.36. The van der Waals surface area contributed by atoms with Crippen molar-refractivity contribution in [1.82, 2.24) is 10.2 Å². The molecule has 2 amide bonds. The number of amides is 2. The van der Waals surface area contributed by atoms with Gasteiger partial charge in [-0.3, -0.25) is 9.59 Å². The highest BCUT2D eigenvalue weighted by atomic mass is 35.5. The molecule has 4 aromatic rings. The van der Waals surface area contributed by atoms with E-state index in [1.165, 1.54) is 0 Å². The van der Waals surface area contributed by atoms with Gasteiger partial charge in [0.05, 0.1) is 12.1 Å². The molecule has 0 saturated heterocycles. The monoisotopic (exact) mass is 542 g/mol. The molecule has 0 spiro atoms. The molecule has 7 heteroatoms. The number of carbonyl (C=O) groups is 2. The molecule has 0 bridgehead atoms. The summed E-state index contributed by atoms with van der Waals surface area (Å²) in [6.45, 7) is 0.299. The fourth-order valence-electron chi connectivity index (χ4n) is 4.17. The number of carbonyl (C=O) groups excluding carboxylic acids is 2. The molecule has 0 aromatic heterocycles. The Bertz CT molecular complexity index is 1350. The predicted octanol–water partition coefficient (Wildman–Crippen LogP) is 5.68. The van der Waals surface area contributed by atoms with Crippen LogP contribution in [0.1, 0.15) is 16.7 Å². The van der Waals surface area contributed by atoms with Crippen molar-refractivity contribution in [1.29, 1.82) is 0 Å². The molecule has 4 rings (SSSR count). The summed E-state index contributed by atoms with van der Waals surface area (Å²) < 4.78 is 11.1. The molecule has 0 saturated carbocycles. The molecule has 0 radical (unpaired) electrons. The molecule has 0 aliphatic heterocycles. The van der Waals surface area contributed by atoms with Crippen molar-refractivity contribution in [3.05, 3.63) is 131 Å². The van der Waals surface area contributed by atoms with Crippen LogP contribution < -0.4 is 14.8 Å². The maximum absolute atomic E-state index is 13.7. The maximum atomic E-state index is 13.7. The summed E-state index contributed by atoms with van der Waals surface area (Å²) in [7, 11) is 1.60. The minimum absolute atomic E-state index is 0.213. The normalized spacial score (nSPS) is 11.3. The van der Waals surface area contributed by atoms with Crippen molar-refractivity contribution in [2.24, 2.45) is 0 Å². The average molecular weight is 543 g/mol. The summed E-state index contributed by atoms with van der Waals surface area (Å²) in [6, 6.07) is 33.0. The summed E-state index contributed by atoms with van der Waals surface area (Å²) in [5, 5.41) is 3.44. The second-order valence-electron chi connectivity index (χ2n) is 9.00. The number of rotatable bonds is 12. The van der Waals surface area contributed by atoms with Gasteiger partial charge < -0.3 is 19.7 Å². The Morgan fingerprint density at radius 3 is 2.05 bits per heavy atom. The highest BCUT2D eigenvalue weighted by Crippen LogP contribution is 2.24. The van der Waals surface area contributed by atoms with Gasteiger partial charge in [0.1, 0.15) is 17.5 Å². The third kappa shape index (κ3) is 8.09. The molecule has 6 nitrogen and oxygen atoms in total. The number of para-hydroxylation sites is 1. The number of nitrogens with one attached hydrogen (secondary N) is 1. The second kappa shape index (κ2) is 14.0. The van der Waals surface area contributed by atoms with Crippen molar-refractivity contribution in [3.63, 3.8) is 0 Å². The Balaban J connectivity index is 1.62. The number of ether oxygens (including phenoxy) is 2. The van der Waals surface area contributed by atoms with Crippen LogP contribution in [-0.2, 0) is 29.1 Å². The number of benzene rings is 4. The van der Waals surface area contributed by atoms with Crippen LogP contribution in [-0.4, -0.2) is 36.5 Å². The average Bonchev–Trinajstić information content (AvgIpc) is 2.98. The van der Waals surface area contributed by atoms with E-state index in [1.807, 2.05) is 84.9 Å². The SMILES string of the molecule is COc1ccc(CN(C(=O)COc2ccccc2Cl)C(Cc2ccccc2)C(=O)NCc2ccccc2)cc1. The van der Waals surface area contributed by atoms with Gasteiger partial charge in [-0.15, -0.1) is 0 Å². The Labute approximate surface area is 234 Å². The van der Waals surface area contributed by atoms with E-state index in [4.69, 9.17) is 21.1 Å². The first-order valence-electron chi connectivity index (χ1n) is 12.7. The van der Waals surface area contributed by atoms with Crippen LogP contribution >= 0.6 is 11.6 Å². The topological polar surface area (TPSA) is 67.9 Å². The molecule has 1 unspecified atom stereocenters. The molecule has 1 atom stereocenters. The third-order valence-electron chi connectivity index (χ3n) is 6.28. The van der Waals surface area contributed by atoms with E-state index in [9.17, 15) is 9.59 Å². The van der Waals surface area contributed by atoms with Crippen molar-refractivity contribution >= 4 is 23.4 Å². The molecule has 0 aliphatic rings. The molecule has 0 heterocycles.